The lowest BCUT2D eigenvalue weighted by atomic mass is 10.2. The van der Waals surface area contributed by atoms with Crippen molar-refractivity contribution in [2.75, 3.05) is 5.32 Å². The summed E-state index contributed by atoms with van der Waals surface area (Å²) in [6, 6.07) is 7.61. The molecule has 1 aliphatic rings. The molecular weight excluding hydrogens is 436 g/mol. The van der Waals surface area contributed by atoms with Crippen molar-refractivity contribution < 1.29 is 0 Å². The second-order valence-corrected chi connectivity index (χ2v) is 8.55. The third-order valence-corrected chi connectivity index (χ3v) is 6.32. The first-order valence-electron chi connectivity index (χ1n) is 8.12. The van der Waals surface area contributed by atoms with E-state index in [1.54, 1.807) is 36.8 Å². The first-order valence-corrected chi connectivity index (χ1v) is 10.1. The number of benzene rings is 1. The molecule has 26 heavy (non-hydrogen) atoms. The van der Waals surface area contributed by atoms with Crippen molar-refractivity contribution >= 4 is 65.0 Å². The number of fused-ring (bicyclic) bond motifs is 3. The average Bonchev–Trinajstić information content (AvgIpc) is 3.37. The maximum absolute atomic E-state index is 13.1. The second kappa shape index (κ2) is 6.04. The van der Waals surface area contributed by atoms with Crippen LogP contribution >= 0.6 is 38.9 Å². The summed E-state index contributed by atoms with van der Waals surface area (Å²) < 4.78 is 3.03. The molecule has 0 aliphatic heterocycles. The minimum absolute atomic E-state index is 0.103. The number of hydrogen-bond donors (Lipinski definition) is 1. The van der Waals surface area contributed by atoms with Crippen molar-refractivity contribution in [1.82, 2.24) is 14.5 Å². The Morgan fingerprint density at radius 2 is 2.00 bits per heavy atom. The molecule has 0 spiro atoms. The SMILES string of the molecule is O=c1c2sc3ncc(Br)c(NC4CC4)c3c2ncn1-c1ccc(Cl)cc1. The summed E-state index contributed by atoms with van der Waals surface area (Å²) in [6.45, 7) is 0. The number of halogens is 2. The summed E-state index contributed by atoms with van der Waals surface area (Å²) in [5.41, 5.74) is 2.29. The van der Waals surface area contributed by atoms with Gasteiger partial charge in [-0.15, -0.1) is 11.3 Å². The van der Waals surface area contributed by atoms with Crippen LogP contribution in [0, 0.1) is 0 Å². The Kier molecular flexibility index (Phi) is 3.77. The van der Waals surface area contributed by atoms with Crippen molar-refractivity contribution in [2.24, 2.45) is 0 Å². The summed E-state index contributed by atoms with van der Waals surface area (Å²) in [5.74, 6) is 0. The largest absolute Gasteiger partial charge is 0.381 e. The number of aromatic nitrogens is 3. The van der Waals surface area contributed by atoms with Gasteiger partial charge in [0.25, 0.3) is 5.56 Å². The van der Waals surface area contributed by atoms with Crippen LogP contribution < -0.4 is 10.9 Å². The van der Waals surface area contributed by atoms with E-state index >= 15 is 0 Å². The van der Waals surface area contributed by atoms with E-state index in [-0.39, 0.29) is 5.56 Å². The normalized spacial score (nSPS) is 14.2. The van der Waals surface area contributed by atoms with Gasteiger partial charge < -0.3 is 5.32 Å². The minimum atomic E-state index is -0.103. The van der Waals surface area contributed by atoms with E-state index in [2.05, 4.69) is 31.2 Å². The van der Waals surface area contributed by atoms with Crippen LogP contribution in [0.1, 0.15) is 12.8 Å². The van der Waals surface area contributed by atoms with Crippen LogP contribution in [0.15, 0.2) is 46.1 Å². The standard InChI is InChI=1S/C18H12BrClN4OS/c19-12-7-21-17-13(14(12)23-10-3-4-10)15-16(26-17)18(25)24(8-22-15)11-5-1-9(20)2-6-11/h1-2,5-8,10H,3-4H2,(H,21,23). The molecular formula is C18H12BrClN4OS. The third kappa shape index (κ3) is 2.62. The molecule has 0 amide bonds. The van der Waals surface area contributed by atoms with Gasteiger partial charge in [0.1, 0.15) is 21.4 Å². The quantitative estimate of drug-likeness (QED) is 0.481. The van der Waals surface area contributed by atoms with Crippen LogP contribution in [-0.4, -0.2) is 20.6 Å². The van der Waals surface area contributed by atoms with Gasteiger partial charge in [-0.3, -0.25) is 9.36 Å². The van der Waals surface area contributed by atoms with Crippen molar-refractivity contribution in [3.8, 4) is 5.69 Å². The minimum Gasteiger partial charge on any atom is -0.381 e. The molecule has 0 bridgehead atoms. The molecule has 1 fully saturated rings. The van der Waals surface area contributed by atoms with E-state index in [1.165, 1.54) is 15.9 Å². The molecule has 1 N–H and O–H groups in total. The average molecular weight is 448 g/mol. The first kappa shape index (κ1) is 16.2. The van der Waals surface area contributed by atoms with Crippen molar-refractivity contribution in [2.45, 2.75) is 18.9 Å². The number of nitrogens with one attached hydrogen (secondary N) is 1. The number of anilines is 1. The highest BCUT2D eigenvalue weighted by atomic mass is 79.9. The van der Waals surface area contributed by atoms with Crippen molar-refractivity contribution in [1.29, 1.82) is 0 Å². The second-order valence-electron chi connectivity index (χ2n) is 6.26. The van der Waals surface area contributed by atoms with Gasteiger partial charge in [0.15, 0.2) is 0 Å². The lowest BCUT2D eigenvalue weighted by Crippen LogP contribution is -2.17. The number of pyridine rings is 1. The maximum atomic E-state index is 13.1. The summed E-state index contributed by atoms with van der Waals surface area (Å²) >= 11 is 10.9. The van der Waals surface area contributed by atoms with E-state index in [0.717, 1.165) is 38.9 Å². The first-order chi connectivity index (χ1) is 12.6. The number of nitrogens with zero attached hydrogens (tertiary/aromatic N) is 3. The Balaban J connectivity index is 1.77. The fourth-order valence-corrected chi connectivity index (χ4v) is 4.51. The topological polar surface area (TPSA) is 59.8 Å². The summed E-state index contributed by atoms with van der Waals surface area (Å²) in [6.07, 6.45) is 5.67. The summed E-state index contributed by atoms with van der Waals surface area (Å²) in [5, 5.41) is 5.07. The van der Waals surface area contributed by atoms with Crippen LogP contribution in [0.2, 0.25) is 5.02 Å². The Labute approximate surface area is 165 Å². The van der Waals surface area contributed by atoms with E-state index in [1.807, 2.05) is 0 Å². The van der Waals surface area contributed by atoms with Crippen LogP contribution in [0.5, 0.6) is 0 Å². The molecule has 4 aromatic rings. The van der Waals surface area contributed by atoms with Gasteiger partial charge in [0, 0.05) is 17.3 Å². The van der Waals surface area contributed by atoms with Crippen molar-refractivity contribution in [3.05, 3.63) is 56.6 Å². The fourth-order valence-electron chi connectivity index (χ4n) is 2.93. The molecule has 130 valence electrons. The molecule has 0 atom stereocenters. The van der Waals surface area contributed by atoms with Gasteiger partial charge in [-0.2, -0.15) is 0 Å². The molecule has 0 radical (unpaired) electrons. The number of rotatable bonds is 3. The zero-order valence-corrected chi connectivity index (χ0v) is 16.5. The highest BCUT2D eigenvalue weighted by Crippen LogP contribution is 2.40. The molecule has 5 nitrogen and oxygen atoms in total. The van der Waals surface area contributed by atoms with Crippen LogP contribution in [0.4, 0.5) is 5.69 Å². The zero-order valence-electron chi connectivity index (χ0n) is 13.4. The Bertz CT molecular complexity index is 1210. The van der Waals surface area contributed by atoms with Gasteiger partial charge >= 0.3 is 0 Å². The Morgan fingerprint density at radius 3 is 2.73 bits per heavy atom. The summed E-state index contributed by atoms with van der Waals surface area (Å²) in [7, 11) is 0. The smallest absolute Gasteiger partial charge is 0.275 e. The number of thiophene rings is 1. The predicted molar refractivity (Wildman–Crippen MR) is 110 cm³/mol. The molecule has 1 saturated carbocycles. The molecule has 0 unspecified atom stereocenters. The van der Waals surface area contributed by atoms with Gasteiger partial charge in [-0.25, -0.2) is 9.97 Å². The molecule has 3 aromatic heterocycles. The lowest BCUT2D eigenvalue weighted by Gasteiger charge is -2.09. The monoisotopic (exact) mass is 446 g/mol. The highest BCUT2D eigenvalue weighted by Gasteiger charge is 2.25. The van der Waals surface area contributed by atoms with Gasteiger partial charge in [0.2, 0.25) is 0 Å². The maximum Gasteiger partial charge on any atom is 0.275 e. The predicted octanol–water partition coefficient (Wildman–Crippen LogP) is 4.99. The molecule has 1 aromatic carbocycles. The fraction of sp³-hybridized carbons (Fsp3) is 0.167. The Hall–Kier alpha value is -1.96. The van der Waals surface area contributed by atoms with E-state index in [4.69, 9.17) is 11.6 Å². The third-order valence-electron chi connectivity index (χ3n) is 4.39. The molecule has 1 aliphatic carbocycles. The van der Waals surface area contributed by atoms with E-state index < -0.39 is 0 Å². The van der Waals surface area contributed by atoms with Crippen molar-refractivity contribution in [3.63, 3.8) is 0 Å². The van der Waals surface area contributed by atoms with E-state index in [9.17, 15) is 4.79 Å². The molecule has 8 heteroatoms. The Morgan fingerprint density at radius 1 is 1.23 bits per heavy atom. The zero-order chi connectivity index (χ0) is 17.8. The van der Waals surface area contributed by atoms with E-state index in [0.29, 0.717) is 21.3 Å². The lowest BCUT2D eigenvalue weighted by molar-refractivity contribution is 0.968. The summed E-state index contributed by atoms with van der Waals surface area (Å²) in [4.78, 5) is 23.0. The van der Waals surface area contributed by atoms with Crippen LogP contribution in [0.3, 0.4) is 0 Å². The highest BCUT2D eigenvalue weighted by molar-refractivity contribution is 9.10. The molecule has 3 heterocycles. The van der Waals surface area contributed by atoms with Gasteiger partial charge in [0.05, 0.1) is 21.2 Å². The molecule has 0 saturated heterocycles. The van der Waals surface area contributed by atoms with Gasteiger partial charge in [-0.05, 0) is 53.0 Å². The van der Waals surface area contributed by atoms with Crippen LogP contribution in [0.25, 0.3) is 26.1 Å². The van der Waals surface area contributed by atoms with Crippen LogP contribution in [-0.2, 0) is 0 Å². The van der Waals surface area contributed by atoms with Gasteiger partial charge in [-0.1, -0.05) is 11.6 Å². The number of hydrogen-bond acceptors (Lipinski definition) is 5. The molecule has 5 rings (SSSR count).